The molecule has 2 nitrogen and oxygen atoms in total. The zero-order valence-corrected chi connectivity index (χ0v) is 11.5. The molecule has 0 fully saturated rings. The lowest BCUT2D eigenvalue weighted by Gasteiger charge is -2.22. The van der Waals surface area contributed by atoms with Gasteiger partial charge in [-0.05, 0) is 37.3 Å². The fourth-order valence-electron chi connectivity index (χ4n) is 1.34. The van der Waals surface area contributed by atoms with Crippen molar-refractivity contribution in [2.24, 2.45) is 5.92 Å². The lowest BCUT2D eigenvalue weighted by molar-refractivity contribution is 0.108. The molecular weight excluding hydrogens is 206 g/mol. The van der Waals surface area contributed by atoms with Crippen molar-refractivity contribution in [1.29, 1.82) is 0 Å². The summed E-state index contributed by atoms with van der Waals surface area (Å²) in [5.41, 5.74) is 0. The molecule has 0 rings (SSSR count). The number of hydrogen-bond donors (Lipinski definition) is 1. The third-order valence-electron chi connectivity index (χ3n) is 2.38. The van der Waals surface area contributed by atoms with Crippen LogP contribution in [0.5, 0.6) is 0 Å². The van der Waals surface area contributed by atoms with E-state index >= 15 is 0 Å². The van der Waals surface area contributed by atoms with Crippen LogP contribution in [0.25, 0.3) is 0 Å². The molecule has 1 atom stereocenters. The van der Waals surface area contributed by atoms with Crippen LogP contribution in [0, 0.1) is 5.92 Å². The number of thioether (sulfide) groups is 1. The van der Waals surface area contributed by atoms with E-state index in [1.54, 1.807) is 0 Å². The Morgan fingerprint density at radius 1 is 1.27 bits per heavy atom. The molecule has 0 bridgehead atoms. The average Bonchev–Trinajstić information content (AvgIpc) is 2.21. The standard InChI is InChI=1S/C12H27NOS/c1-5-14-10-12(11(3)4)13-8-7-9-15-6-2/h11-13H,5-10H2,1-4H3. The molecule has 0 aliphatic carbocycles. The van der Waals surface area contributed by atoms with Crippen LogP contribution in [0.4, 0.5) is 0 Å². The zero-order chi connectivity index (χ0) is 11.5. The molecule has 92 valence electrons. The van der Waals surface area contributed by atoms with E-state index in [4.69, 9.17) is 4.74 Å². The van der Waals surface area contributed by atoms with Crippen molar-refractivity contribution in [2.75, 3.05) is 31.3 Å². The van der Waals surface area contributed by atoms with Crippen molar-refractivity contribution < 1.29 is 4.74 Å². The fraction of sp³-hybridized carbons (Fsp3) is 1.00. The molecule has 0 amide bonds. The largest absolute Gasteiger partial charge is 0.380 e. The van der Waals surface area contributed by atoms with Crippen molar-refractivity contribution in [3.05, 3.63) is 0 Å². The molecule has 0 aliphatic rings. The zero-order valence-electron chi connectivity index (χ0n) is 10.7. The summed E-state index contributed by atoms with van der Waals surface area (Å²) in [5, 5.41) is 3.57. The highest BCUT2D eigenvalue weighted by molar-refractivity contribution is 7.99. The SMILES string of the molecule is CCOCC(NCCCSCC)C(C)C. The first-order chi connectivity index (χ1) is 7.22. The predicted octanol–water partition coefficient (Wildman–Crippen LogP) is 2.78. The second kappa shape index (κ2) is 10.8. The molecule has 0 saturated carbocycles. The number of ether oxygens (including phenoxy) is 1. The van der Waals surface area contributed by atoms with Crippen LogP contribution in [0.2, 0.25) is 0 Å². The van der Waals surface area contributed by atoms with Gasteiger partial charge in [0.2, 0.25) is 0 Å². The van der Waals surface area contributed by atoms with E-state index in [9.17, 15) is 0 Å². The fourth-order valence-corrected chi connectivity index (χ4v) is 1.98. The van der Waals surface area contributed by atoms with Gasteiger partial charge in [-0.2, -0.15) is 11.8 Å². The molecule has 0 spiro atoms. The quantitative estimate of drug-likeness (QED) is 0.586. The first kappa shape index (κ1) is 15.3. The number of rotatable bonds is 10. The highest BCUT2D eigenvalue weighted by Gasteiger charge is 2.11. The summed E-state index contributed by atoms with van der Waals surface area (Å²) in [7, 11) is 0. The van der Waals surface area contributed by atoms with E-state index in [-0.39, 0.29) is 0 Å². The van der Waals surface area contributed by atoms with Crippen LogP contribution < -0.4 is 5.32 Å². The maximum absolute atomic E-state index is 5.47. The monoisotopic (exact) mass is 233 g/mol. The van der Waals surface area contributed by atoms with Gasteiger partial charge < -0.3 is 10.1 Å². The van der Waals surface area contributed by atoms with Crippen molar-refractivity contribution in [3.63, 3.8) is 0 Å². The topological polar surface area (TPSA) is 21.3 Å². The summed E-state index contributed by atoms with van der Waals surface area (Å²) < 4.78 is 5.47. The van der Waals surface area contributed by atoms with E-state index < -0.39 is 0 Å². The lowest BCUT2D eigenvalue weighted by Crippen LogP contribution is -2.38. The van der Waals surface area contributed by atoms with Gasteiger partial charge in [-0.3, -0.25) is 0 Å². The minimum Gasteiger partial charge on any atom is -0.380 e. The van der Waals surface area contributed by atoms with Crippen LogP contribution in [-0.4, -0.2) is 37.3 Å². The second-order valence-electron chi connectivity index (χ2n) is 4.01. The molecule has 0 aliphatic heterocycles. The minimum atomic E-state index is 0.511. The van der Waals surface area contributed by atoms with Gasteiger partial charge >= 0.3 is 0 Å². The Balaban J connectivity index is 3.48. The van der Waals surface area contributed by atoms with E-state index in [0.717, 1.165) is 19.8 Å². The van der Waals surface area contributed by atoms with Gasteiger partial charge in [0.05, 0.1) is 6.61 Å². The number of nitrogens with one attached hydrogen (secondary N) is 1. The van der Waals surface area contributed by atoms with Crippen LogP contribution in [0.15, 0.2) is 0 Å². The van der Waals surface area contributed by atoms with Gasteiger partial charge in [0.15, 0.2) is 0 Å². The second-order valence-corrected chi connectivity index (χ2v) is 5.41. The van der Waals surface area contributed by atoms with Crippen LogP contribution in [-0.2, 0) is 4.74 Å². The predicted molar refractivity (Wildman–Crippen MR) is 70.7 cm³/mol. The molecule has 3 heteroatoms. The van der Waals surface area contributed by atoms with E-state index in [2.05, 4.69) is 33.0 Å². The van der Waals surface area contributed by atoms with Crippen LogP contribution >= 0.6 is 11.8 Å². The third-order valence-corrected chi connectivity index (χ3v) is 3.37. The molecule has 0 aromatic heterocycles. The highest BCUT2D eigenvalue weighted by Crippen LogP contribution is 2.04. The maximum Gasteiger partial charge on any atom is 0.0621 e. The van der Waals surface area contributed by atoms with Crippen molar-refractivity contribution in [2.45, 2.75) is 40.2 Å². The lowest BCUT2D eigenvalue weighted by atomic mass is 10.1. The Labute approximate surface area is 99.5 Å². The highest BCUT2D eigenvalue weighted by atomic mass is 32.2. The van der Waals surface area contributed by atoms with Gasteiger partial charge in [-0.1, -0.05) is 20.8 Å². The van der Waals surface area contributed by atoms with E-state index in [0.29, 0.717) is 12.0 Å². The van der Waals surface area contributed by atoms with E-state index in [1.165, 1.54) is 17.9 Å². The summed E-state index contributed by atoms with van der Waals surface area (Å²) in [5.74, 6) is 3.14. The van der Waals surface area contributed by atoms with Crippen LogP contribution in [0.3, 0.4) is 0 Å². The molecule has 0 aromatic carbocycles. The molecule has 1 N–H and O–H groups in total. The normalized spacial score (nSPS) is 13.4. The van der Waals surface area contributed by atoms with Gasteiger partial charge in [0.25, 0.3) is 0 Å². The summed E-state index contributed by atoms with van der Waals surface area (Å²) in [4.78, 5) is 0. The maximum atomic E-state index is 5.47. The van der Waals surface area contributed by atoms with E-state index in [1.807, 2.05) is 11.8 Å². The molecular formula is C12H27NOS. The minimum absolute atomic E-state index is 0.511. The summed E-state index contributed by atoms with van der Waals surface area (Å²) in [6.07, 6.45) is 1.26. The van der Waals surface area contributed by atoms with Crippen molar-refractivity contribution in [3.8, 4) is 0 Å². The molecule has 0 radical (unpaired) electrons. The number of hydrogen-bond acceptors (Lipinski definition) is 3. The molecule has 0 heterocycles. The van der Waals surface area contributed by atoms with Gasteiger partial charge in [0.1, 0.15) is 0 Å². The smallest absolute Gasteiger partial charge is 0.0621 e. The van der Waals surface area contributed by atoms with Crippen molar-refractivity contribution in [1.82, 2.24) is 5.32 Å². The Morgan fingerprint density at radius 3 is 2.53 bits per heavy atom. The summed E-state index contributed by atoms with van der Waals surface area (Å²) >= 11 is 2.01. The Bertz CT molecular complexity index is 131. The molecule has 1 unspecified atom stereocenters. The van der Waals surface area contributed by atoms with Gasteiger partial charge in [-0.25, -0.2) is 0 Å². The Hall–Kier alpha value is 0.270. The molecule has 0 saturated heterocycles. The summed E-state index contributed by atoms with van der Waals surface area (Å²) in [6, 6.07) is 0.511. The van der Waals surface area contributed by atoms with Gasteiger partial charge in [0, 0.05) is 12.6 Å². The summed E-state index contributed by atoms with van der Waals surface area (Å²) in [6.45, 7) is 11.5. The average molecular weight is 233 g/mol. The third kappa shape index (κ3) is 9.21. The van der Waals surface area contributed by atoms with Crippen molar-refractivity contribution >= 4 is 11.8 Å². The van der Waals surface area contributed by atoms with Gasteiger partial charge in [-0.15, -0.1) is 0 Å². The first-order valence-electron chi connectivity index (χ1n) is 6.11. The Kier molecular flexibility index (Phi) is 11.0. The Morgan fingerprint density at radius 2 is 2.00 bits per heavy atom. The first-order valence-corrected chi connectivity index (χ1v) is 7.26. The van der Waals surface area contributed by atoms with Crippen LogP contribution in [0.1, 0.15) is 34.1 Å². The molecule has 0 aromatic rings. The molecule has 15 heavy (non-hydrogen) atoms.